The molecule has 1 fully saturated rings. The van der Waals surface area contributed by atoms with Gasteiger partial charge in [-0.15, -0.1) is 0 Å². The summed E-state index contributed by atoms with van der Waals surface area (Å²) in [5, 5.41) is 6.71. The average Bonchev–Trinajstić information content (AvgIpc) is 2.34. The van der Waals surface area contributed by atoms with Crippen LogP contribution in [0.5, 0.6) is 0 Å². The van der Waals surface area contributed by atoms with Crippen LogP contribution in [0.4, 0.5) is 0 Å². The van der Waals surface area contributed by atoms with E-state index in [0.717, 1.165) is 26.1 Å². The minimum absolute atomic E-state index is 0.137. The molecular weight excluding hydrogens is 250 g/mol. The summed E-state index contributed by atoms with van der Waals surface area (Å²) < 4.78 is 0. The molecule has 0 aliphatic carbocycles. The molecule has 1 amide bonds. The van der Waals surface area contributed by atoms with E-state index in [1.165, 1.54) is 12.8 Å². The van der Waals surface area contributed by atoms with Gasteiger partial charge >= 0.3 is 0 Å². The van der Waals surface area contributed by atoms with Gasteiger partial charge in [-0.3, -0.25) is 9.69 Å². The van der Waals surface area contributed by atoms with E-state index >= 15 is 0 Å². The molecule has 0 aromatic heterocycles. The van der Waals surface area contributed by atoms with Gasteiger partial charge in [-0.25, -0.2) is 0 Å². The molecule has 1 saturated heterocycles. The Kier molecular flexibility index (Phi) is 6.96. The molecule has 1 aliphatic heterocycles. The summed E-state index contributed by atoms with van der Waals surface area (Å²) in [6.07, 6.45) is 3.52. The van der Waals surface area contributed by atoms with Crippen molar-refractivity contribution in [2.75, 3.05) is 26.2 Å². The average molecular weight is 283 g/mol. The lowest BCUT2D eigenvalue weighted by molar-refractivity contribution is -0.124. The van der Waals surface area contributed by atoms with Crippen molar-refractivity contribution in [2.45, 2.75) is 65.5 Å². The Morgan fingerprint density at radius 2 is 2.00 bits per heavy atom. The van der Waals surface area contributed by atoms with Crippen LogP contribution in [0.15, 0.2) is 0 Å². The number of likely N-dealkylation sites (tertiary alicyclic amines) is 1. The van der Waals surface area contributed by atoms with Crippen LogP contribution in [0.2, 0.25) is 0 Å². The van der Waals surface area contributed by atoms with Crippen molar-refractivity contribution in [3.05, 3.63) is 0 Å². The van der Waals surface area contributed by atoms with Gasteiger partial charge in [0.05, 0.1) is 6.54 Å². The predicted molar refractivity (Wildman–Crippen MR) is 84.8 cm³/mol. The lowest BCUT2D eigenvalue weighted by atomic mass is 9.89. The third-order valence-corrected chi connectivity index (χ3v) is 3.88. The smallest absolute Gasteiger partial charge is 0.234 e. The molecule has 0 aromatic rings. The lowest BCUT2D eigenvalue weighted by Gasteiger charge is -2.38. The minimum Gasteiger partial charge on any atom is -0.350 e. The van der Waals surface area contributed by atoms with Crippen molar-refractivity contribution in [3.8, 4) is 0 Å². The van der Waals surface area contributed by atoms with E-state index in [-0.39, 0.29) is 11.4 Å². The Hall–Kier alpha value is -0.610. The first-order valence-electron chi connectivity index (χ1n) is 8.12. The summed E-state index contributed by atoms with van der Waals surface area (Å²) in [6.45, 7) is 14.2. The Bertz CT molecular complexity index is 299. The first-order valence-corrected chi connectivity index (χ1v) is 8.12. The third kappa shape index (κ3) is 6.23. The second-order valence-corrected chi connectivity index (χ2v) is 7.05. The van der Waals surface area contributed by atoms with Gasteiger partial charge in [-0.05, 0) is 46.1 Å². The second-order valence-electron chi connectivity index (χ2n) is 7.05. The molecule has 2 unspecified atom stereocenters. The lowest BCUT2D eigenvalue weighted by Crippen LogP contribution is -2.53. The number of carbonyl (C=O) groups excluding carboxylic acids is 1. The standard InChI is InChI=1S/C16H33N3O/c1-6-9-17-14-8-10-19(11-13(14)7-2)12-15(20)18-16(3,4)5/h13-14,17H,6-12H2,1-5H3,(H,18,20). The van der Waals surface area contributed by atoms with Gasteiger partial charge in [0.25, 0.3) is 0 Å². The molecule has 2 N–H and O–H groups in total. The maximum Gasteiger partial charge on any atom is 0.234 e. The zero-order valence-electron chi connectivity index (χ0n) is 14.0. The molecule has 1 rings (SSSR count). The summed E-state index contributed by atoms with van der Waals surface area (Å²) in [5.41, 5.74) is -0.137. The summed E-state index contributed by atoms with van der Waals surface area (Å²) in [4.78, 5) is 14.3. The molecule has 1 aliphatic rings. The highest BCUT2D eigenvalue weighted by atomic mass is 16.2. The Morgan fingerprint density at radius 3 is 2.55 bits per heavy atom. The van der Waals surface area contributed by atoms with Crippen molar-refractivity contribution in [2.24, 2.45) is 5.92 Å². The summed E-state index contributed by atoms with van der Waals surface area (Å²) >= 11 is 0. The first-order chi connectivity index (χ1) is 9.35. The largest absolute Gasteiger partial charge is 0.350 e. The topological polar surface area (TPSA) is 44.4 Å². The van der Waals surface area contributed by atoms with Crippen LogP contribution in [-0.4, -0.2) is 48.6 Å². The number of hydrogen-bond donors (Lipinski definition) is 2. The van der Waals surface area contributed by atoms with Crippen LogP contribution in [0.1, 0.15) is 53.9 Å². The number of amides is 1. The highest BCUT2D eigenvalue weighted by Crippen LogP contribution is 2.20. The van der Waals surface area contributed by atoms with Crippen LogP contribution < -0.4 is 10.6 Å². The maximum atomic E-state index is 12.0. The van der Waals surface area contributed by atoms with E-state index < -0.39 is 0 Å². The number of carbonyl (C=O) groups is 1. The maximum absolute atomic E-state index is 12.0. The molecular formula is C16H33N3O. The zero-order valence-corrected chi connectivity index (χ0v) is 14.0. The summed E-state index contributed by atoms with van der Waals surface area (Å²) in [6, 6.07) is 0.627. The van der Waals surface area contributed by atoms with E-state index in [4.69, 9.17) is 0 Å². The van der Waals surface area contributed by atoms with Crippen LogP contribution in [0.3, 0.4) is 0 Å². The van der Waals surface area contributed by atoms with Crippen molar-refractivity contribution in [1.82, 2.24) is 15.5 Å². The van der Waals surface area contributed by atoms with E-state index in [1.807, 2.05) is 20.8 Å². The fourth-order valence-electron chi connectivity index (χ4n) is 2.92. The van der Waals surface area contributed by atoms with Gasteiger partial charge < -0.3 is 10.6 Å². The molecule has 2 atom stereocenters. The molecule has 4 nitrogen and oxygen atoms in total. The molecule has 20 heavy (non-hydrogen) atoms. The van der Waals surface area contributed by atoms with Crippen molar-refractivity contribution < 1.29 is 4.79 Å². The van der Waals surface area contributed by atoms with Gasteiger partial charge in [-0.2, -0.15) is 0 Å². The van der Waals surface area contributed by atoms with Crippen LogP contribution in [-0.2, 0) is 4.79 Å². The summed E-state index contributed by atoms with van der Waals surface area (Å²) in [5.74, 6) is 0.810. The molecule has 0 aromatic carbocycles. The third-order valence-electron chi connectivity index (χ3n) is 3.88. The molecule has 0 radical (unpaired) electrons. The highest BCUT2D eigenvalue weighted by Gasteiger charge is 2.28. The molecule has 0 saturated carbocycles. The predicted octanol–water partition coefficient (Wildman–Crippen LogP) is 2.00. The normalized spacial score (nSPS) is 24.6. The van der Waals surface area contributed by atoms with Gasteiger partial charge in [0, 0.05) is 24.7 Å². The van der Waals surface area contributed by atoms with Crippen LogP contribution in [0.25, 0.3) is 0 Å². The number of rotatable bonds is 6. The molecule has 118 valence electrons. The van der Waals surface area contributed by atoms with Crippen LogP contribution in [0, 0.1) is 5.92 Å². The van der Waals surface area contributed by atoms with Gasteiger partial charge in [0.2, 0.25) is 5.91 Å². The van der Waals surface area contributed by atoms with Gasteiger partial charge in [-0.1, -0.05) is 20.3 Å². The van der Waals surface area contributed by atoms with Gasteiger partial charge in [0.1, 0.15) is 0 Å². The molecule has 0 spiro atoms. The SMILES string of the molecule is CCCNC1CCN(CC(=O)NC(C)(C)C)CC1CC. The molecule has 4 heteroatoms. The number of piperidine rings is 1. The Balaban J connectivity index is 2.42. The fraction of sp³-hybridized carbons (Fsp3) is 0.938. The number of nitrogens with zero attached hydrogens (tertiary/aromatic N) is 1. The summed E-state index contributed by atoms with van der Waals surface area (Å²) in [7, 11) is 0. The van der Waals surface area contributed by atoms with Crippen LogP contribution >= 0.6 is 0 Å². The second kappa shape index (κ2) is 7.99. The zero-order chi connectivity index (χ0) is 15.2. The minimum atomic E-state index is -0.137. The first kappa shape index (κ1) is 17.4. The van der Waals surface area contributed by atoms with E-state index in [9.17, 15) is 4.79 Å². The quantitative estimate of drug-likeness (QED) is 0.784. The molecule has 1 heterocycles. The van der Waals surface area contributed by atoms with E-state index in [1.54, 1.807) is 0 Å². The van der Waals surface area contributed by atoms with E-state index in [2.05, 4.69) is 29.4 Å². The molecule has 0 bridgehead atoms. The van der Waals surface area contributed by atoms with Crippen molar-refractivity contribution in [1.29, 1.82) is 0 Å². The van der Waals surface area contributed by atoms with Crippen molar-refractivity contribution in [3.63, 3.8) is 0 Å². The van der Waals surface area contributed by atoms with E-state index in [0.29, 0.717) is 18.5 Å². The Morgan fingerprint density at radius 1 is 1.30 bits per heavy atom. The fourth-order valence-corrected chi connectivity index (χ4v) is 2.92. The Labute approximate surface area is 124 Å². The highest BCUT2D eigenvalue weighted by molar-refractivity contribution is 5.78. The van der Waals surface area contributed by atoms with Crippen molar-refractivity contribution >= 4 is 5.91 Å². The number of hydrogen-bond acceptors (Lipinski definition) is 3. The monoisotopic (exact) mass is 283 g/mol. The number of nitrogens with one attached hydrogen (secondary N) is 2. The van der Waals surface area contributed by atoms with Gasteiger partial charge in [0.15, 0.2) is 0 Å².